The molecule has 21 heavy (non-hydrogen) atoms. The zero-order valence-electron chi connectivity index (χ0n) is 11.6. The molecular weight excluding hydrogens is 286 g/mol. The maximum atomic E-state index is 12.3. The van der Waals surface area contributed by atoms with Gasteiger partial charge in [0.2, 0.25) is 5.91 Å². The van der Waals surface area contributed by atoms with Gasteiger partial charge in [0, 0.05) is 43.3 Å². The number of hydrogen-bond acceptors (Lipinski definition) is 5. The first-order valence-electron chi connectivity index (χ1n) is 6.93. The molecule has 0 unspecified atom stereocenters. The van der Waals surface area contributed by atoms with Gasteiger partial charge in [-0.1, -0.05) is 18.2 Å². The number of rotatable bonds is 3. The highest BCUT2D eigenvalue weighted by atomic mass is 32.1. The fraction of sp³-hybridized carbons (Fsp3) is 0.333. The van der Waals surface area contributed by atoms with Gasteiger partial charge in [0.25, 0.3) is 0 Å². The van der Waals surface area contributed by atoms with Crippen molar-refractivity contribution in [2.24, 2.45) is 0 Å². The number of benzene rings is 1. The van der Waals surface area contributed by atoms with E-state index in [0.717, 1.165) is 18.2 Å². The molecule has 1 aromatic carbocycles. The van der Waals surface area contributed by atoms with Gasteiger partial charge in [0.05, 0.1) is 6.42 Å². The van der Waals surface area contributed by atoms with Gasteiger partial charge in [0.15, 0.2) is 5.13 Å². The van der Waals surface area contributed by atoms with Crippen LogP contribution in [0.15, 0.2) is 35.8 Å². The van der Waals surface area contributed by atoms with Gasteiger partial charge in [-0.2, -0.15) is 0 Å². The minimum atomic E-state index is 0.0651. The Bertz CT molecular complexity index is 607. The topological polar surface area (TPSA) is 56.7 Å². The quantitative estimate of drug-likeness (QED) is 0.938. The molecule has 1 fully saturated rings. The number of aromatic nitrogens is 1. The van der Waals surface area contributed by atoms with Crippen LogP contribution >= 0.6 is 11.3 Å². The van der Waals surface area contributed by atoms with Gasteiger partial charge in [-0.05, 0) is 6.07 Å². The molecule has 6 heteroatoms. The minimum absolute atomic E-state index is 0.0651. The third-order valence-electron chi connectivity index (χ3n) is 3.66. The monoisotopic (exact) mass is 303 g/mol. The zero-order chi connectivity index (χ0) is 14.7. The van der Waals surface area contributed by atoms with Crippen LogP contribution in [-0.4, -0.2) is 47.1 Å². The van der Waals surface area contributed by atoms with Crippen LogP contribution in [-0.2, 0) is 11.2 Å². The zero-order valence-corrected chi connectivity index (χ0v) is 12.4. The second kappa shape index (κ2) is 6.13. The van der Waals surface area contributed by atoms with E-state index in [2.05, 4.69) is 9.88 Å². The Balaban J connectivity index is 1.57. The van der Waals surface area contributed by atoms with E-state index < -0.39 is 0 Å². The summed E-state index contributed by atoms with van der Waals surface area (Å²) < 4.78 is 0. The number of phenols is 1. The van der Waals surface area contributed by atoms with Crippen LogP contribution in [0.3, 0.4) is 0 Å². The molecular formula is C15H17N3O2S. The first-order valence-corrected chi connectivity index (χ1v) is 7.81. The second-order valence-corrected chi connectivity index (χ2v) is 5.86. The fourth-order valence-electron chi connectivity index (χ4n) is 2.45. The van der Waals surface area contributed by atoms with Crippen molar-refractivity contribution in [2.75, 3.05) is 31.1 Å². The summed E-state index contributed by atoms with van der Waals surface area (Å²) in [5.74, 6) is 0.252. The molecule has 2 heterocycles. The van der Waals surface area contributed by atoms with E-state index in [1.165, 1.54) is 0 Å². The molecule has 3 rings (SSSR count). The van der Waals surface area contributed by atoms with E-state index in [0.29, 0.717) is 18.7 Å². The van der Waals surface area contributed by atoms with E-state index in [9.17, 15) is 9.90 Å². The van der Waals surface area contributed by atoms with Crippen molar-refractivity contribution in [1.82, 2.24) is 9.88 Å². The molecule has 0 bridgehead atoms. The fourth-order valence-corrected chi connectivity index (χ4v) is 3.15. The Morgan fingerprint density at radius 1 is 1.24 bits per heavy atom. The molecule has 0 saturated carbocycles. The maximum absolute atomic E-state index is 12.3. The highest BCUT2D eigenvalue weighted by Gasteiger charge is 2.22. The largest absolute Gasteiger partial charge is 0.508 e. The molecule has 0 radical (unpaired) electrons. The van der Waals surface area contributed by atoms with E-state index in [-0.39, 0.29) is 18.1 Å². The SMILES string of the molecule is O=C(Cc1ccccc1O)N1CCN(c2nccs2)CC1. The van der Waals surface area contributed by atoms with Crippen LogP contribution in [0.25, 0.3) is 0 Å². The second-order valence-electron chi connectivity index (χ2n) is 4.99. The summed E-state index contributed by atoms with van der Waals surface area (Å²) in [7, 11) is 0. The predicted octanol–water partition coefficient (Wildman–Crippen LogP) is 1.74. The third-order valence-corrected chi connectivity index (χ3v) is 4.49. The van der Waals surface area contributed by atoms with Gasteiger partial charge >= 0.3 is 0 Å². The molecule has 110 valence electrons. The Labute approximate surface area is 127 Å². The number of piperazine rings is 1. The summed E-state index contributed by atoms with van der Waals surface area (Å²) in [5, 5.41) is 12.7. The summed E-state index contributed by atoms with van der Waals surface area (Å²) in [4.78, 5) is 20.7. The minimum Gasteiger partial charge on any atom is -0.508 e. The molecule has 1 aliphatic heterocycles. The number of carbonyl (C=O) groups is 1. The number of amides is 1. The smallest absolute Gasteiger partial charge is 0.227 e. The number of para-hydroxylation sites is 1. The van der Waals surface area contributed by atoms with Crippen molar-refractivity contribution >= 4 is 22.4 Å². The number of phenolic OH excluding ortho intramolecular Hbond substituents is 1. The summed E-state index contributed by atoms with van der Waals surface area (Å²) in [6.45, 7) is 3.01. The Hall–Kier alpha value is -2.08. The van der Waals surface area contributed by atoms with Gasteiger partial charge in [-0.25, -0.2) is 4.98 Å². The van der Waals surface area contributed by atoms with Crippen LogP contribution in [0, 0.1) is 0 Å². The molecule has 1 aromatic heterocycles. The third kappa shape index (κ3) is 3.16. The molecule has 0 atom stereocenters. The van der Waals surface area contributed by atoms with Crippen LogP contribution in [0.1, 0.15) is 5.56 Å². The molecule has 1 aliphatic rings. The standard InChI is InChI=1S/C15H17N3O2S/c19-13-4-2-1-3-12(13)11-14(20)17-6-8-18(9-7-17)15-16-5-10-21-15/h1-5,10,19H,6-9,11H2. The Kier molecular flexibility index (Phi) is 4.06. The highest BCUT2D eigenvalue weighted by Crippen LogP contribution is 2.20. The van der Waals surface area contributed by atoms with Crippen LogP contribution in [0.4, 0.5) is 5.13 Å². The number of carbonyl (C=O) groups excluding carboxylic acids is 1. The van der Waals surface area contributed by atoms with Crippen molar-refractivity contribution in [3.63, 3.8) is 0 Å². The normalized spacial score (nSPS) is 15.2. The summed E-state index contributed by atoms with van der Waals surface area (Å²) in [6.07, 6.45) is 2.06. The van der Waals surface area contributed by atoms with Gasteiger partial charge in [0.1, 0.15) is 5.75 Å². The first kappa shape index (κ1) is 13.9. The van der Waals surface area contributed by atoms with Gasteiger partial charge in [-0.3, -0.25) is 4.79 Å². The molecule has 1 saturated heterocycles. The van der Waals surface area contributed by atoms with Crippen LogP contribution in [0.2, 0.25) is 0 Å². The van der Waals surface area contributed by atoms with Crippen molar-refractivity contribution < 1.29 is 9.90 Å². The predicted molar refractivity (Wildman–Crippen MR) is 82.7 cm³/mol. The lowest BCUT2D eigenvalue weighted by Crippen LogP contribution is -2.49. The number of thiazole rings is 1. The molecule has 0 aliphatic carbocycles. The average molecular weight is 303 g/mol. The summed E-state index contributed by atoms with van der Waals surface area (Å²) in [5.41, 5.74) is 0.685. The lowest BCUT2D eigenvalue weighted by Gasteiger charge is -2.34. The van der Waals surface area contributed by atoms with Crippen molar-refractivity contribution in [2.45, 2.75) is 6.42 Å². The Morgan fingerprint density at radius 2 is 2.00 bits per heavy atom. The average Bonchev–Trinajstić information content (AvgIpc) is 3.04. The molecule has 1 amide bonds. The summed E-state index contributed by atoms with van der Waals surface area (Å²) in [6, 6.07) is 7.00. The van der Waals surface area contributed by atoms with Crippen molar-refractivity contribution in [1.29, 1.82) is 0 Å². The van der Waals surface area contributed by atoms with E-state index in [1.54, 1.807) is 35.7 Å². The lowest BCUT2D eigenvalue weighted by molar-refractivity contribution is -0.130. The first-order chi connectivity index (χ1) is 10.2. The van der Waals surface area contributed by atoms with Gasteiger partial charge < -0.3 is 14.9 Å². The molecule has 0 spiro atoms. The molecule has 5 nitrogen and oxygen atoms in total. The van der Waals surface area contributed by atoms with E-state index in [1.807, 2.05) is 16.3 Å². The number of nitrogens with zero attached hydrogens (tertiary/aromatic N) is 3. The van der Waals surface area contributed by atoms with Crippen LogP contribution < -0.4 is 4.90 Å². The van der Waals surface area contributed by atoms with E-state index in [4.69, 9.17) is 0 Å². The van der Waals surface area contributed by atoms with Gasteiger partial charge in [-0.15, -0.1) is 11.3 Å². The maximum Gasteiger partial charge on any atom is 0.227 e. The number of hydrogen-bond donors (Lipinski definition) is 1. The molecule has 2 aromatic rings. The van der Waals surface area contributed by atoms with E-state index >= 15 is 0 Å². The highest BCUT2D eigenvalue weighted by molar-refractivity contribution is 7.13. The summed E-state index contributed by atoms with van der Waals surface area (Å²) >= 11 is 1.62. The van der Waals surface area contributed by atoms with Crippen molar-refractivity contribution in [3.8, 4) is 5.75 Å². The van der Waals surface area contributed by atoms with Crippen molar-refractivity contribution in [3.05, 3.63) is 41.4 Å². The lowest BCUT2D eigenvalue weighted by atomic mass is 10.1. The van der Waals surface area contributed by atoms with Crippen LogP contribution in [0.5, 0.6) is 5.75 Å². The Morgan fingerprint density at radius 3 is 2.67 bits per heavy atom. The molecule has 1 N–H and O–H groups in total. The number of anilines is 1. The number of aromatic hydroxyl groups is 1.